The lowest BCUT2D eigenvalue weighted by Gasteiger charge is -2.18. The van der Waals surface area contributed by atoms with E-state index in [1.165, 1.54) is 49.8 Å². The van der Waals surface area contributed by atoms with E-state index in [-0.39, 0.29) is 36.3 Å². The second-order valence-electron chi connectivity index (χ2n) is 10.3. The SMILES string of the molecule is COC/C(O)=C/C(=N)c1nnc2c3ccccc3c(OCc3ccc(C(=O)CC4CCCCCCC4)cn3)nn12. The van der Waals surface area contributed by atoms with Crippen molar-refractivity contribution in [3.8, 4) is 5.88 Å². The number of rotatable bonds is 10. The molecule has 10 heteroatoms. The Kier molecular flexibility index (Phi) is 8.75. The van der Waals surface area contributed by atoms with Gasteiger partial charge in [-0.05, 0) is 24.1 Å². The number of benzene rings is 1. The van der Waals surface area contributed by atoms with E-state index < -0.39 is 0 Å². The number of nitrogens with zero attached hydrogens (tertiary/aromatic N) is 5. The van der Waals surface area contributed by atoms with Crippen LogP contribution in [0.15, 0.2) is 54.4 Å². The number of aliphatic hydroxyl groups excluding tert-OH is 1. The van der Waals surface area contributed by atoms with Crippen molar-refractivity contribution in [1.82, 2.24) is 24.8 Å². The second-order valence-corrected chi connectivity index (χ2v) is 10.3. The molecule has 3 heterocycles. The lowest BCUT2D eigenvalue weighted by atomic mass is 9.87. The molecule has 4 aromatic rings. The standard InChI is InChI=1S/C30H34N6O4/c1-39-19-23(37)16-26(31)29-34-33-28-24-11-7-8-12-25(24)30(35-36(28)29)40-18-22-14-13-21(17-32-22)27(38)15-20-9-5-3-2-4-6-10-20/h7-8,11-14,16-17,20,31,37H,2-6,9-10,15,18-19H2,1H3/b23-16-,31-26?. The number of aromatic nitrogens is 5. The number of ether oxygens (including phenoxy) is 2. The van der Waals surface area contributed by atoms with E-state index in [0.29, 0.717) is 35.1 Å². The fourth-order valence-corrected chi connectivity index (χ4v) is 5.19. The highest BCUT2D eigenvalue weighted by molar-refractivity contribution is 6.05. The molecule has 5 rings (SSSR count). The lowest BCUT2D eigenvalue weighted by molar-refractivity contribution is 0.0953. The van der Waals surface area contributed by atoms with Crippen molar-refractivity contribution in [3.63, 3.8) is 0 Å². The summed E-state index contributed by atoms with van der Waals surface area (Å²) in [5, 5.41) is 32.8. The first-order valence-corrected chi connectivity index (χ1v) is 13.8. The molecule has 0 atom stereocenters. The molecule has 1 aromatic carbocycles. The quantitative estimate of drug-likeness (QED) is 0.149. The van der Waals surface area contributed by atoms with E-state index in [2.05, 4.69) is 20.3 Å². The van der Waals surface area contributed by atoms with E-state index in [9.17, 15) is 9.90 Å². The summed E-state index contributed by atoms with van der Waals surface area (Å²) in [6.45, 7) is 0.116. The number of Topliss-reactive ketones (excluding diaryl/α,β-unsaturated/α-hetero) is 1. The third kappa shape index (κ3) is 6.34. The van der Waals surface area contributed by atoms with Crippen LogP contribution in [0, 0.1) is 11.3 Å². The van der Waals surface area contributed by atoms with Crippen LogP contribution in [0.4, 0.5) is 0 Å². The smallest absolute Gasteiger partial charge is 0.240 e. The molecule has 0 saturated heterocycles. The number of hydrogen-bond acceptors (Lipinski definition) is 9. The van der Waals surface area contributed by atoms with Crippen molar-refractivity contribution in [2.45, 2.75) is 58.0 Å². The molecule has 208 valence electrons. The molecule has 2 N–H and O–H groups in total. The molecule has 0 spiro atoms. The maximum Gasteiger partial charge on any atom is 0.240 e. The van der Waals surface area contributed by atoms with Gasteiger partial charge in [0.05, 0.1) is 5.69 Å². The van der Waals surface area contributed by atoms with E-state index >= 15 is 0 Å². The highest BCUT2D eigenvalue weighted by atomic mass is 16.5. The van der Waals surface area contributed by atoms with Crippen LogP contribution < -0.4 is 4.74 Å². The first-order chi connectivity index (χ1) is 19.5. The largest absolute Gasteiger partial charge is 0.510 e. The van der Waals surface area contributed by atoms with Crippen molar-refractivity contribution >= 4 is 27.9 Å². The van der Waals surface area contributed by atoms with Crippen LogP contribution in [0.1, 0.15) is 73.2 Å². The average molecular weight is 543 g/mol. The third-order valence-corrected chi connectivity index (χ3v) is 7.28. The zero-order chi connectivity index (χ0) is 27.9. The zero-order valence-corrected chi connectivity index (χ0v) is 22.7. The first kappa shape index (κ1) is 27.4. The maximum absolute atomic E-state index is 12.9. The van der Waals surface area contributed by atoms with Crippen LogP contribution in [0.3, 0.4) is 0 Å². The average Bonchev–Trinajstić information content (AvgIpc) is 3.38. The summed E-state index contributed by atoms with van der Waals surface area (Å²) in [6.07, 6.45) is 12.0. The molecule has 0 amide bonds. The highest BCUT2D eigenvalue weighted by Crippen LogP contribution is 2.28. The van der Waals surface area contributed by atoms with E-state index in [0.717, 1.165) is 23.6 Å². The van der Waals surface area contributed by atoms with Gasteiger partial charge in [0.2, 0.25) is 11.7 Å². The number of nitrogens with one attached hydrogen (secondary N) is 1. The fraction of sp³-hybridized carbons (Fsp3) is 0.400. The molecule has 0 aliphatic heterocycles. The van der Waals surface area contributed by atoms with Gasteiger partial charge in [-0.25, -0.2) is 0 Å². The van der Waals surface area contributed by atoms with Gasteiger partial charge in [0.1, 0.15) is 24.7 Å². The Labute approximate surface area is 232 Å². The summed E-state index contributed by atoms with van der Waals surface area (Å²) in [5.74, 6) is 0.983. The number of carbonyl (C=O) groups is 1. The van der Waals surface area contributed by atoms with Crippen LogP contribution in [0.5, 0.6) is 5.88 Å². The number of pyridine rings is 1. The predicted octanol–water partition coefficient (Wildman–Crippen LogP) is 5.64. The monoisotopic (exact) mass is 542 g/mol. The van der Waals surface area contributed by atoms with Gasteiger partial charge in [-0.2, -0.15) is 4.52 Å². The van der Waals surface area contributed by atoms with Gasteiger partial charge in [0.15, 0.2) is 11.4 Å². The molecule has 0 bridgehead atoms. The molecule has 1 saturated carbocycles. The van der Waals surface area contributed by atoms with E-state index in [4.69, 9.17) is 14.9 Å². The fourth-order valence-electron chi connectivity index (χ4n) is 5.19. The molecule has 1 aliphatic carbocycles. The van der Waals surface area contributed by atoms with Crippen molar-refractivity contribution in [2.75, 3.05) is 13.7 Å². The van der Waals surface area contributed by atoms with Gasteiger partial charge in [0.25, 0.3) is 0 Å². The van der Waals surface area contributed by atoms with Crippen LogP contribution in [0.2, 0.25) is 0 Å². The summed E-state index contributed by atoms with van der Waals surface area (Å²) in [4.78, 5) is 17.4. The van der Waals surface area contributed by atoms with Crippen LogP contribution >= 0.6 is 0 Å². The minimum absolute atomic E-state index is 0.0260. The molecule has 1 fully saturated rings. The number of fused-ring (bicyclic) bond motifs is 3. The van der Waals surface area contributed by atoms with Crippen molar-refractivity contribution in [3.05, 3.63) is 71.5 Å². The van der Waals surface area contributed by atoms with Gasteiger partial charge in [-0.15, -0.1) is 15.3 Å². The Hall–Kier alpha value is -4.18. The molecule has 1 aliphatic rings. The van der Waals surface area contributed by atoms with Gasteiger partial charge in [0, 0.05) is 42.1 Å². The van der Waals surface area contributed by atoms with Gasteiger partial charge < -0.3 is 14.6 Å². The minimum atomic E-state index is -0.112. The summed E-state index contributed by atoms with van der Waals surface area (Å²) < 4.78 is 12.4. The maximum atomic E-state index is 12.9. The Morgan fingerprint density at radius 2 is 1.82 bits per heavy atom. The molecule has 3 aromatic heterocycles. The molecule has 10 nitrogen and oxygen atoms in total. The third-order valence-electron chi connectivity index (χ3n) is 7.28. The Balaban J connectivity index is 1.32. The Bertz CT molecular complexity index is 1520. The molecular weight excluding hydrogens is 508 g/mol. The summed E-state index contributed by atoms with van der Waals surface area (Å²) >= 11 is 0. The van der Waals surface area contributed by atoms with Crippen molar-refractivity contribution < 1.29 is 19.4 Å². The first-order valence-electron chi connectivity index (χ1n) is 13.8. The Morgan fingerprint density at radius 3 is 2.55 bits per heavy atom. The number of allylic oxidation sites excluding steroid dienone is 1. The predicted molar refractivity (Wildman–Crippen MR) is 151 cm³/mol. The van der Waals surface area contributed by atoms with Crippen LogP contribution in [0.25, 0.3) is 16.4 Å². The molecular formula is C30H34N6O4. The molecule has 0 unspecified atom stereocenters. The number of aliphatic hydroxyl groups is 1. The van der Waals surface area contributed by atoms with E-state index in [1.807, 2.05) is 36.4 Å². The number of carbonyl (C=O) groups excluding carboxylic acids is 1. The number of methoxy groups -OCH3 is 1. The zero-order valence-electron chi connectivity index (χ0n) is 22.7. The van der Waals surface area contributed by atoms with Gasteiger partial charge in [-0.1, -0.05) is 63.1 Å². The van der Waals surface area contributed by atoms with Crippen molar-refractivity contribution in [1.29, 1.82) is 5.41 Å². The number of hydrogen-bond donors (Lipinski definition) is 2. The van der Waals surface area contributed by atoms with Crippen molar-refractivity contribution in [2.24, 2.45) is 5.92 Å². The van der Waals surface area contributed by atoms with Gasteiger partial charge >= 0.3 is 0 Å². The number of ketones is 1. The second kappa shape index (κ2) is 12.8. The topological polar surface area (TPSA) is 136 Å². The highest BCUT2D eigenvalue weighted by Gasteiger charge is 2.19. The molecule has 40 heavy (non-hydrogen) atoms. The van der Waals surface area contributed by atoms with Crippen LogP contribution in [-0.4, -0.2) is 55.1 Å². The minimum Gasteiger partial charge on any atom is -0.510 e. The normalized spacial score (nSPS) is 15.2. The van der Waals surface area contributed by atoms with Gasteiger partial charge in [-0.3, -0.25) is 15.2 Å². The lowest BCUT2D eigenvalue weighted by Crippen LogP contribution is -2.11. The summed E-state index contributed by atoms with van der Waals surface area (Å²) in [6, 6.07) is 11.2. The van der Waals surface area contributed by atoms with Crippen LogP contribution in [-0.2, 0) is 11.3 Å². The Morgan fingerprint density at radius 1 is 1.07 bits per heavy atom. The summed E-state index contributed by atoms with van der Waals surface area (Å²) in [5.41, 5.74) is 1.69. The van der Waals surface area contributed by atoms with E-state index in [1.54, 1.807) is 6.20 Å². The summed E-state index contributed by atoms with van der Waals surface area (Å²) in [7, 11) is 1.46. The molecule has 0 radical (unpaired) electrons.